The maximum atomic E-state index is 2.53. The van der Waals surface area contributed by atoms with Gasteiger partial charge in [-0.2, -0.15) is 0 Å². The predicted octanol–water partition coefficient (Wildman–Crippen LogP) is 15.8. The summed E-state index contributed by atoms with van der Waals surface area (Å²) >= 11 is 1.87. The predicted molar refractivity (Wildman–Crippen MR) is 237 cm³/mol. The molecule has 0 aliphatic heterocycles. The fourth-order valence-electron chi connectivity index (χ4n) is 8.09. The lowest BCUT2D eigenvalue weighted by molar-refractivity contribution is 0.569. The van der Waals surface area contributed by atoms with E-state index in [0.717, 1.165) is 11.4 Å². The smallest absolute Gasteiger partial charge is 0.0555 e. The van der Waals surface area contributed by atoms with Gasteiger partial charge in [-0.25, -0.2) is 0 Å². The zero-order valence-corrected chi connectivity index (χ0v) is 32.8. The van der Waals surface area contributed by atoms with Crippen LogP contribution in [-0.2, 0) is 10.8 Å². The van der Waals surface area contributed by atoms with Crippen molar-refractivity contribution in [3.63, 3.8) is 0 Å². The minimum Gasteiger partial charge on any atom is -0.309 e. The molecule has 0 unspecified atom stereocenters. The van der Waals surface area contributed by atoms with Gasteiger partial charge in [0, 0.05) is 31.1 Å². The summed E-state index contributed by atoms with van der Waals surface area (Å²) in [5, 5.41) is 7.53. The zero-order chi connectivity index (χ0) is 37.2. The first-order valence-electron chi connectivity index (χ1n) is 19.0. The van der Waals surface area contributed by atoms with E-state index >= 15 is 0 Å². The van der Waals surface area contributed by atoms with Crippen LogP contribution in [0.1, 0.15) is 52.7 Å². The van der Waals surface area contributed by atoms with Crippen LogP contribution < -0.4 is 4.90 Å². The molecule has 0 atom stereocenters. The molecule has 0 aliphatic carbocycles. The number of benzene rings is 8. The molecular formula is C52H45NS. The van der Waals surface area contributed by atoms with Crippen molar-refractivity contribution >= 4 is 70.1 Å². The lowest BCUT2D eigenvalue weighted by Gasteiger charge is -2.30. The molecule has 1 nitrogen and oxygen atoms in total. The Morgan fingerprint density at radius 3 is 1.67 bits per heavy atom. The van der Waals surface area contributed by atoms with Crippen LogP contribution in [0.2, 0.25) is 0 Å². The van der Waals surface area contributed by atoms with Crippen molar-refractivity contribution in [2.45, 2.75) is 52.4 Å². The zero-order valence-electron chi connectivity index (χ0n) is 31.9. The van der Waals surface area contributed by atoms with E-state index in [1.807, 2.05) is 11.3 Å². The van der Waals surface area contributed by atoms with Crippen molar-refractivity contribution in [2.24, 2.45) is 0 Å². The van der Waals surface area contributed by atoms with Gasteiger partial charge in [0.05, 0.1) is 17.1 Å². The third kappa shape index (κ3) is 5.86. The van der Waals surface area contributed by atoms with Gasteiger partial charge in [-0.05, 0) is 85.1 Å². The maximum Gasteiger partial charge on any atom is 0.0555 e. The van der Waals surface area contributed by atoms with E-state index in [-0.39, 0.29) is 10.8 Å². The number of hydrogen-bond donors (Lipinski definition) is 0. The monoisotopic (exact) mass is 715 g/mol. The first kappa shape index (κ1) is 34.1. The number of nitrogens with zero attached hydrogens (tertiary/aromatic N) is 1. The van der Waals surface area contributed by atoms with E-state index in [1.54, 1.807) is 0 Å². The fourth-order valence-corrected chi connectivity index (χ4v) is 9.21. The van der Waals surface area contributed by atoms with Crippen LogP contribution in [0.25, 0.3) is 64.0 Å². The molecule has 264 valence electrons. The van der Waals surface area contributed by atoms with E-state index in [0.29, 0.717) is 0 Å². The van der Waals surface area contributed by atoms with Gasteiger partial charge in [0.1, 0.15) is 0 Å². The van der Waals surface area contributed by atoms with E-state index < -0.39 is 0 Å². The normalized spacial score (nSPS) is 12.3. The highest BCUT2D eigenvalue weighted by Crippen LogP contribution is 2.50. The van der Waals surface area contributed by atoms with E-state index in [1.165, 1.54) is 80.8 Å². The lowest BCUT2D eigenvalue weighted by atomic mass is 9.78. The van der Waals surface area contributed by atoms with Crippen molar-refractivity contribution < 1.29 is 0 Å². The van der Waals surface area contributed by atoms with Crippen molar-refractivity contribution in [3.05, 3.63) is 175 Å². The Balaban J connectivity index is 1.36. The summed E-state index contributed by atoms with van der Waals surface area (Å²) in [6, 6.07) is 61.0. The highest BCUT2D eigenvalue weighted by Gasteiger charge is 2.25. The molecule has 9 rings (SSSR count). The summed E-state index contributed by atoms with van der Waals surface area (Å²) in [6.45, 7) is 13.9. The fraction of sp³-hybridized carbons (Fsp3) is 0.154. The summed E-state index contributed by atoms with van der Waals surface area (Å²) < 4.78 is 2.59. The largest absolute Gasteiger partial charge is 0.309 e. The van der Waals surface area contributed by atoms with Crippen LogP contribution in [0.15, 0.2) is 164 Å². The second-order valence-electron chi connectivity index (χ2n) is 16.6. The molecule has 0 amide bonds. The van der Waals surface area contributed by atoms with Crippen molar-refractivity contribution in [1.82, 2.24) is 0 Å². The quantitative estimate of drug-likeness (QED) is 0.171. The van der Waals surface area contributed by atoms with E-state index in [4.69, 9.17) is 0 Å². The second-order valence-corrected chi connectivity index (χ2v) is 17.7. The standard InChI is InChI=1S/C52H45NS/c1-51(2,3)37-31-36(32-38(33-37)52(4,5)6)40-24-13-19-35-20-14-25-42(49(35)40)41-22-9-11-26-45(41)53(44-27-15-18-34-17-7-8-21-39(34)44)46-28-16-30-48-50(46)43-23-10-12-29-47(43)54-48/h7-33H,1-6H3. The Bertz CT molecular complexity index is 2820. The summed E-state index contributed by atoms with van der Waals surface area (Å²) in [5.74, 6) is 0. The Labute approximate surface area is 323 Å². The summed E-state index contributed by atoms with van der Waals surface area (Å²) in [6.07, 6.45) is 0. The van der Waals surface area contributed by atoms with Gasteiger partial charge in [-0.15, -0.1) is 11.3 Å². The molecule has 54 heavy (non-hydrogen) atoms. The molecule has 9 aromatic rings. The molecule has 1 heterocycles. The minimum absolute atomic E-state index is 0.0157. The van der Waals surface area contributed by atoms with E-state index in [2.05, 4.69) is 210 Å². The molecule has 0 saturated heterocycles. The van der Waals surface area contributed by atoms with Gasteiger partial charge in [-0.1, -0.05) is 175 Å². The van der Waals surface area contributed by atoms with Crippen LogP contribution in [0.5, 0.6) is 0 Å². The second kappa shape index (κ2) is 13.0. The number of hydrogen-bond acceptors (Lipinski definition) is 2. The maximum absolute atomic E-state index is 2.53. The number of para-hydroxylation sites is 1. The first-order chi connectivity index (χ1) is 26.1. The van der Waals surface area contributed by atoms with Crippen molar-refractivity contribution in [2.75, 3.05) is 4.90 Å². The van der Waals surface area contributed by atoms with Crippen LogP contribution in [0.3, 0.4) is 0 Å². The lowest BCUT2D eigenvalue weighted by Crippen LogP contribution is -2.16. The molecule has 8 aromatic carbocycles. The van der Waals surface area contributed by atoms with Gasteiger partial charge in [0.15, 0.2) is 0 Å². The Morgan fingerprint density at radius 1 is 0.389 bits per heavy atom. The minimum atomic E-state index is 0.0157. The SMILES string of the molecule is CC(C)(C)c1cc(-c2cccc3cccc(-c4ccccc4N(c4cccc5ccccc45)c4cccc5sc6ccccc6c45)c23)cc(C(C)(C)C)c1. The van der Waals surface area contributed by atoms with Gasteiger partial charge in [0.25, 0.3) is 0 Å². The number of rotatable bonds is 5. The average molecular weight is 716 g/mol. The Hall–Kier alpha value is -5.70. The van der Waals surface area contributed by atoms with Gasteiger partial charge in [0.2, 0.25) is 0 Å². The molecule has 2 heteroatoms. The van der Waals surface area contributed by atoms with Crippen LogP contribution in [0.4, 0.5) is 17.1 Å². The third-order valence-electron chi connectivity index (χ3n) is 10.9. The van der Waals surface area contributed by atoms with Crippen LogP contribution >= 0.6 is 11.3 Å². The van der Waals surface area contributed by atoms with Crippen LogP contribution in [0, 0.1) is 0 Å². The third-order valence-corrected chi connectivity index (χ3v) is 12.1. The highest BCUT2D eigenvalue weighted by molar-refractivity contribution is 7.26. The first-order valence-corrected chi connectivity index (χ1v) is 19.8. The van der Waals surface area contributed by atoms with Gasteiger partial charge in [-0.3, -0.25) is 0 Å². The summed E-state index contributed by atoms with van der Waals surface area (Å²) in [7, 11) is 0. The molecular weight excluding hydrogens is 671 g/mol. The average Bonchev–Trinajstić information content (AvgIpc) is 3.56. The van der Waals surface area contributed by atoms with Crippen molar-refractivity contribution in [3.8, 4) is 22.3 Å². The number of anilines is 3. The van der Waals surface area contributed by atoms with Crippen molar-refractivity contribution in [1.29, 1.82) is 0 Å². The van der Waals surface area contributed by atoms with E-state index in [9.17, 15) is 0 Å². The summed E-state index contributed by atoms with van der Waals surface area (Å²) in [4.78, 5) is 2.53. The molecule has 1 aromatic heterocycles. The molecule has 0 saturated carbocycles. The Morgan fingerprint density at radius 2 is 0.907 bits per heavy atom. The van der Waals surface area contributed by atoms with Gasteiger partial charge < -0.3 is 4.90 Å². The highest BCUT2D eigenvalue weighted by atomic mass is 32.1. The van der Waals surface area contributed by atoms with Crippen LogP contribution in [-0.4, -0.2) is 0 Å². The topological polar surface area (TPSA) is 3.24 Å². The number of fused-ring (bicyclic) bond motifs is 5. The molecule has 0 radical (unpaired) electrons. The summed E-state index contributed by atoms with van der Waals surface area (Å²) in [5.41, 5.74) is 11.2. The molecule has 0 fully saturated rings. The molecule has 0 bridgehead atoms. The molecule has 0 spiro atoms. The molecule has 0 aliphatic rings. The Kier molecular flexibility index (Phi) is 8.21. The molecule has 0 N–H and O–H groups in total. The number of thiophene rings is 1. The van der Waals surface area contributed by atoms with Gasteiger partial charge >= 0.3 is 0 Å².